The van der Waals surface area contributed by atoms with Gasteiger partial charge in [-0.15, -0.1) is 0 Å². The highest BCUT2D eigenvalue weighted by atomic mass is 15.1. The van der Waals surface area contributed by atoms with Gasteiger partial charge >= 0.3 is 0 Å². The van der Waals surface area contributed by atoms with E-state index in [4.69, 9.17) is 16.1 Å². The molecule has 5 nitrogen and oxygen atoms in total. The minimum Gasteiger partial charge on any atom is -0.384 e. The SMILES string of the molecule is CC1=Nc2ccc(C(=N)/C=C\C(N)=NC3CC(C)(C)NC(C)(C)C3)cc2C1. The Bertz CT molecular complexity index is 826. The van der Waals surface area contributed by atoms with Crippen LogP contribution in [-0.2, 0) is 6.42 Å². The number of hydrogen-bond acceptors (Lipinski definition) is 4. The van der Waals surface area contributed by atoms with Crippen LogP contribution < -0.4 is 11.1 Å². The van der Waals surface area contributed by atoms with Gasteiger partial charge in [0.15, 0.2) is 0 Å². The number of nitrogens with two attached hydrogens (primary N) is 1. The van der Waals surface area contributed by atoms with Crippen LogP contribution in [0.5, 0.6) is 0 Å². The van der Waals surface area contributed by atoms with E-state index in [0.717, 1.165) is 36.2 Å². The normalized spacial score (nSPS) is 22.0. The predicted octanol–water partition coefficient (Wildman–Crippen LogP) is 3.93. The van der Waals surface area contributed by atoms with E-state index < -0.39 is 0 Å². The van der Waals surface area contributed by atoms with Crippen molar-refractivity contribution in [1.29, 1.82) is 5.41 Å². The van der Waals surface area contributed by atoms with Crippen LogP contribution in [0, 0.1) is 5.41 Å². The van der Waals surface area contributed by atoms with E-state index in [1.807, 2.05) is 25.1 Å². The zero-order valence-corrected chi connectivity index (χ0v) is 17.1. The minimum atomic E-state index is 0.0389. The first kappa shape index (κ1) is 19.5. The third kappa shape index (κ3) is 4.92. The van der Waals surface area contributed by atoms with Crippen molar-refractivity contribution in [3.8, 4) is 0 Å². The molecule has 1 aromatic rings. The van der Waals surface area contributed by atoms with Gasteiger partial charge in [0.25, 0.3) is 0 Å². The summed E-state index contributed by atoms with van der Waals surface area (Å²) in [5.41, 5.74) is 10.9. The van der Waals surface area contributed by atoms with Crippen molar-refractivity contribution in [3.63, 3.8) is 0 Å². The average molecular weight is 366 g/mol. The summed E-state index contributed by atoms with van der Waals surface area (Å²) in [5, 5.41) is 12.0. The summed E-state index contributed by atoms with van der Waals surface area (Å²) in [6, 6.07) is 6.17. The first-order valence-electron chi connectivity index (χ1n) is 9.60. The number of amidine groups is 1. The van der Waals surface area contributed by atoms with E-state index in [9.17, 15) is 0 Å². The molecule has 0 unspecified atom stereocenters. The van der Waals surface area contributed by atoms with Gasteiger partial charge in [0.1, 0.15) is 5.84 Å². The summed E-state index contributed by atoms with van der Waals surface area (Å²) in [6.07, 6.45) is 6.25. The third-order valence-electron chi connectivity index (χ3n) is 5.07. The molecule has 0 spiro atoms. The highest BCUT2D eigenvalue weighted by molar-refractivity contribution is 6.10. The molecule has 5 heteroatoms. The molecule has 1 fully saturated rings. The first-order chi connectivity index (χ1) is 12.5. The lowest BCUT2D eigenvalue weighted by atomic mass is 9.80. The Morgan fingerprint density at radius 1 is 1.22 bits per heavy atom. The van der Waals surface area contributed by atoms with Gasteiger partial charge in [-0.3, -0.25) is 9.98 Å². The number of nitrogens with zero attached hydrogens (tertiary/aromatic N) is 2. The van der Waals surface area contributed by atoms with Gasteiger partial charge in [-0.1, -0.05) is 6.07 Å². The zero-order chi connectivity index (χ0) is 19.8. The smallest absolute Gasteiger partial charge is 0.118 e. The van der Waals surface area contributed by atoms with Crippen LogP contribution in [0.1, 0.15) is 58.6 Å². The topological polar surface area (TPSA) is 86.6 Å². The Morgan fingerprint density at radius 2 is 1.89 bits per heavy atom. The van der Waals surface area contributed by atoms with Crippen LogP contribution in [0.15, 0.2) is 40.3 Å². The van der Waals surface area contributed by atoms with Crippen molar-refractivity contribution in [3.05, 3.63) is 41.5 Å². The van der Waals surface area contributed by atoms with Gasteiger partial charge in [0.05, 0.1) is 17.4 Å². The summed E-state index contributed by atoms with van der Waals surface area (Å²) >= 11 is 0. The molecular weight excluding hydrogens is 334 g/mol. The van der Waals surface area contributed by atoms with E-state index >= 15 is 0 Å². The Morgan fingerprint density at radius 3 is 2.56 bits per heavy atom. The van der Waals surface area contributed by atoms with Crippen molar-refractivity contribution in [1.82, 2.24) is 5.32 Å². The fraction of sp³-hybridized carbons (Fsp3) is 0.500. The molecule has 2 aliphatic rings. The molecule has 27 heavy (non-hydrogen) atoms. The summed E-state index contributed by atoms with van der Waals surface area (Å²) in [6.45, 7) is 10.9. The van der Waals surface area contributed by atoms with Gasteiger partial charge in [-0.25, -0.2) is 0 Å². The average Bonchev–Trinajstić information content (AvgIpc) is 2.88. The number of rotatable bonds is 4. The maximum absolute atomic E-state index is 8.34. The maximum Gasteiger partial charge on any atom is 0.118 e. The molecule has 0 atom stereocenters. The Balaban J connectivity index is 1.68. The van der Waals surface area contributed by atoms with Gasteiger partial charge in [0.2, 0.25) is 0 Å². The van der Waals surface area contributed by atoms with E-state index in [1.165, 1.54) is 5.56 Å². The van der Waals surface area contributed by atoms with Crippen molar-refractivity contribution < 1.29 is 0 Å². The number of piperidine rings is 1. The molecule has 2 heterocycles. The number of benzene rings is 1. The van der Waals surface area contributed by atoms with Gasteiger partial charge in [-0.05, 0) is 82.9 Å². The number of fused-ring (bicyclic) bond motifs is 1. The molecule has 3 rings (SSSR count). The molecule has 0 saturated carbocycles. The second-order valence-electron chi connectivity index (χ2n) is 9.12. The fourth-order valence-corrected chi connectivity index (χ4v) is 4.40. The van der Waals surface area contributed by atoms with Crippen molar-refractivity contribution in [2.75, 3.05) is 0 Å². The number of allylic oxidation sites excluding steroid dienone is 1. The van der Waals surface area contributed by atoms with Crippen LogP contribution >= 0.6 is 0 Å². The molecule has 0 aliphatic carbocycles. The highest BCUT2D eigenvalue weighted by Gasteiger charge is 2.37. The summed E-state index contributed by atoms with van der Waals surface area (Å²) < 4.78 is 0. The van der Waals surface area contributed by atoms with Crippen LogP contribution in [0.25, 0.3) is 0 Å². The molecule has 0 radical (unpaired) electrons. The Hall–Kier alpha value is -2.27. The summed E-state index contributed by atoms with van der Waals surface area (Å²) in [7, 11) is 0. The summed E-state index contributed by atoms with van der Waals surface area (Å²) in [4.78, 5) is 9.21. The van der Waals surface area contributed by atoms with Crippen LogP contribution in [0.2, 0.25) is 0 Å². The monoisotopic (exact) mass is 365 g/mol. The Kier molecular flexibility index (Phi) is 5.08. The van der Waals surface area contributed by atoms with Gasteiger partial charge in [0, 0.05) is 23.2 Å². The quantitative estimate of drug-likeness (QED) is 0.558. The van der Waals surface area contributed by atoms with Gasteiger partial charge in [-0.2, -0.15) is 0 Å². The first-order valence-corrected chi connectivity index (χ1v) is 9.60. The van der Waals surface area contributed by atoms with Crippen LogP contribution in [-0.4, -0.2) is 34.4 Å². The third-order valence-corrected chi connectivity index (χ3v) is 5.07. The van der Waals surface area contributed by atoms with E-state index in [1.54, 1.807) is 12.2 Å². The van der Waals surface area contributed by atoms with Crippen LogP contribution in [0.3, 0.4) is 0 Å². The molecule has 0 amide bonds. The molecule has 1 aromatic carbocycles. The zero-order valence-electron chi connectivity index (χ0n) is 17.1. The molecule has 0 aromatic heterocycles. The predicted molar refractivity (Wildman–Crippen MR) is 115 cm³/mol. The number of nitrogens with one attached hydrogen (secondary N) is 2. The largest absolute Gasteiger partial charge is 0.384 e. The second-order valence-corrected chi connectivity index (χ2v) is 9.12. The minimum absolute atomic E-state index is 0.0389. The number of hydrogen-bond donors (Lipinski definition) is 3. The van der Waals surface area contributed by atoms with E-state index in [-0.39, 0.29) is 17.1 Å². The Labute approximate surface area is 162 Å². The van der Waals surface area contributed by atoms with E-state index in [0.29, 0.717) is 11.5 Å². The fourth-order valence-electron chi connectivity index (χ4n) is 4.40. The maximum atomic E-state index is 8.34. The molecular formula is C22H31N5. The summed E-state index contributed by atoms with van der Waals surface area (Å²) in [5.74, 6) is 0.485. The lowest BCUT2D eigenvalue weighted by Crippen LogP contribution is -2.59. The molecule has 144 valence electrons. The standard InChI is InChI=1S/C22H31N5/c1-14-10-16-11-15(6-8-19(16)25-14)18(23)7-9-20(24)26-17-12-21(2,3)27-22(4,5)13-17/h6-9,11,17,23,27H,10,12-13H2,1-5H3,(H2,24,26)/b9-7-,23-18?. The second kappa shape index (κ2) is 7.04. The highest BCUT2D eigenvalue weighted by Crippen LogP contribution is 2.30. The van der Waals surface area contributed by atoms with E-state index in [2.05, 4.69) is 38.0 Å². The van der Waals surface area contributed by atoms with Crippen molar-refractivity contribution in [2.45, 2.75) is 71.0 Å². The van der Waals surface area contributed by atoms with Crippen molar-refractivity contribution in [2.24, 2.45) is 15.7 Å². The molecule has 4 N–H and O–H groups in total. The van der Waals surface area contributed by atoms with Gasteiger partial charge < -0.3 is 16.5 Å². The molecule has 0 bridgehead atoms. The molecule has 1 saturated heterocycles. The van der Waals surface area contributed by atoms with Crippen LogP contribution in [0.4, 0.5) is 5.69 Å². The molecule has 2 aliphatic heterocycles. The van der Waals surface area contributed by atoms with Crippen molar-refractivity contribution >= 4 is 22.9 Å². The number of aliphatic imine (C=N–C) groups is 2. The lowest BCUT2D eigenvalue weighted by molar-refractivity contribution is 0.164. The lowest BCUT2D eigenvalue weighted by Gasteiger charge is -2.45.